The minimum Gasteiger partial charge on any atom is -0.351 e. The Labute approximate surface area is 190 Å². The molecule has 2 aromatic carbocycles. The second-order valence-corrected chi connectivity index (χ2v) is 9.84. The molecule has 0 spiro atoms. The Morgan fingerprint density at radius 3 is 2.68 bits per heavy atom. The first-order valence-corrected chi connectivity index (χ1v) is 11.7. The first kappa shape index (κ1) is 20.3. The van der Waals surface area contributed by atoms with E-state index in [4.69, 9.17) is 0 Å². The highest BCUT2D eigenvalue weighted by Gasteiger charge is 2.48. The number of fused-ring (bicyclic) bond motifs is 3. The minimum absolute atomic E-state index is 0.0637. The van der Waals surface area contributed by atoms with Crippen LogP contribution in [0.4, 0.5) is 0 Å². The third-order valence-corrected chi connectivity index (χ3v) is 7.24. The molecule has 2 amide bonds. The number of rotatable bonds is 4. The number of hydrogen-bond donors (Lipinski definition) is 1. The average Bonchev–Trinajstić information content (AvgIpc) is 3.39. The summed E-state index contributed by atoms with van der Waals surface area (Å²) in [5.74, 6) is -0.169. The van der Waals surface area contributed by atoms with Crippen LogP contribution < -0.4 is 5.32 Å². The van der Waals surface area contributed by atoms with E-state index in [9.17, 15) is 9.59 Å². The first-order valence-electron chi connectivity index (χ1n) is 10.9. The molecule has 1 saturated carbocycles. The summed E-state index contributed by atoms with van der Waals surface area (Å²) >= 11 is 3.52. The molecule has 1 N–H and O–H groups in total. The Hall–Kier alpha value is -2.60. The van der Waals surface area contributed by atoms with Gasteiger partial charge < -0.3 is 14.8 Å². The maximum Gasteiger partial charge on any atom is 0.271 e. The number of para-hydroxylation sites is 1. The predicted octanol–water partition coefficient (Wildman–Crippen LogP) is 4.88. The summed E-state index contributed by atoms with van der Waals surface area (Å²) in [5, 5.41) is 4.27. The third-order valence-electron chi connectivity index (χ3n) is 6.75. The molecule has 1 aliphatic carbocycles. The number of aromatic nitrogens is 1. The van der Waals surface area contributed by atoms with Crippen LogP contribution in [0.1, 0.15) is 48.7 Å². The van der Waals surface area contributed by atoms with Gasteiger partial charge in [0.15, 0.2) is 0 Å². The van der Waals surface area contributed by atoms with Crippen LogP contribution in [-0.2, 0) is 17.9 Å². The van der Waals surface area contributed by atoms with Crippen LogP contribution in [0, 0.1) is 0 Å². The number of halogens is 1. The molecule has 0 saturated heterocycles. The van der Waals surface area contributed by atoms with Crippen LogP contribution in [0.2, 0.25) is 0 Å². The van der Waals surface area contributed by atoms with Gasteiger partial charge in [-0.15, -0.1) is 0 Å². The van der Waals surface area contributed by atoms with Gasteiger partial charge in [-0.1, -0.05) is 59.1 Å². The summed E-state index contributed by atoms with van der Waals surface area (Å²) < 4.78 is 2.98. The molecular weight excluding hydrogens is 454 g/mol. The van der Waals surface area contributed by atoms with Crippen LogP contribution in [0.25, 0.3) is 10.9 Å². The average molecular weight is 480 g/mol. The maximum atomic E-state index is 13.7. The van der Waals surface area contributed by atoms with Crippen molar-refractivity contribution in [1.82, 2.24) is 14.8 Å². The minimum atomic E-state index is -0.975. The van der Waals surface area contributed by atoms with Crippen molar-refractivity contribution in [1.29, 1.82) is 0 Å². The predicted molar refractivity (Wildman–Crippen MR) is 125 cm³/mol. The largest absolute Gasteiger partial charge is 0.351 e. The van der Waals surface area contributed by atoms with Crippen molar-refractivity contribution in [3.63, 3.8) is 0 Å². The SMILES string of the molecule is CC1(C(=O)NC2CCCC2)Cn2c(cc3ccccc32)C(=O)N1Cc1cccc(Br)c1. The van der Waals surface area contributed by atoms with E-state index in [0.29, 0.717) is 18.8 Å². The number of nitrogens with one attached hydrogen (secondary N) is 1. The van der Waals surface area contributed by atoms with E-state index >= 15 is 0 Å². The summed E-state index contributed by atoms with van der Waals surface area (Å²) in [6.07, 6.45) is 4.32. The highest BCUT2D eigenvalue weighted by molar-refractivity contribution is 9.10. The molecule has 1 atom stereocenters. The number of carbonyl (C=O) groups is 2. The van der Waals surface area contributed by atoms with Gasteiger partial charge in [0.1, 0.15) is 11.2 Å². The van der Waals surface area contributed by atoms with Crippen molar-refractivity contribution in [2.75, 3.05) is 0 Å². The lowest BCUT2D eigenvalue weighted by Crippen LogP contribution is -2.64. The first-order chi connectivity index (χ1) is 15.0. The van der Waals surface area contributed by atoms with Crippen molar-refractivity contribution in [3.8, 4) is 0 Å². The van der Waals surface area contributed by atoms with Crippen molar-refractivity contribution in [2.45, 2.75) is 57.3 Å². The highest BCUT2D eigenvalue weighted by Crippen LogP contribution is 2.34. The van der Waals surface area contributed by atoms with Gasteiger partial charge in [0.05, 0.1) is 6.54 Å². The quantitative estimate of drug-likeness (QED) is 0.579. The van der Waals surface area contributed by atoms with Crippen molar-refractivity contribution < 1.29 is 9.59 Å². The third kappa shape index (κ3) is 3.57. The fourth-order valence-electron chi connectivity index (χ4n) is 4.98. The normalized spacial score (nSPS) is 21.5. The molecule has 1 fully saturated rings. The zero-order chi connectivity index (χ0) is 21.6. The second kappa shape index (κ2) is 7.83. The lowest BCUT2D eigenvalue weighted by Gasteiger charge is -2.44. The number of benzene rings is 2. The molecule has 0 bridgehead atoms. The van der Waals surface area contributed by atoms with E-state index < -0.39 is 5.54 Å². The molecule has 2 aliphatic rings. The summed E-state index contributed by atoms with van der Waals surface area (Å²) in [6.45, 7) is 2.73. The number of amides is 2. The van der Waals surface area contributed by atoms with Gasteiger partial charge in [0.2, 0.25) is 5.91 Å². The molecule has 1 unspecified atom stereocenters. The molecular formula is C25H26BrN3O2. The maximum absolute atomic E-state index is 13.7. The summed E-state index contributed by atoms with van der Waals surface area (Å²) in [4.78, 5) is 29.1. The lowest BCUT2D eigenvalue weighted by atomic mass is 9.93. The summed E-state index contributed by atoms with van der Waals surface area (Å²) in [7, 11) is 0. The smallest absolute Gasteiger partial charge is 0.271 e. The highest BCUT2D eigenvalue weighted by atomic mass is 79.9. The molecule has 31 heavy (non-hydrogen) atoms. The van der Waals surface area contributed by atoms with E-state index in [1.165, 1.54) is 0 Å². The summed E-state index contributed by atoms with van der Waals surface area (Å²) in [5.41, 5.74) is 1.65. The summed E-state index contributed by atoms with van der Waals surface area (Å²) in [6, 6.07) is 18.1. The molecule has 1 aliphatic heterocycles. The van der Waals surface area contributed by atoms with Gasteiger partial charge in [-0.25, -0.2) is 0 Å². The van der Waals surface area contributed by atoms with Crippen LogP contribution in [0.3, 0.4) is 0 Å². The zero-order valence-electron chi connectivity index (χ0n) is 17.6. The fourth-order valence-corrected chi connectivity index (χ4v) is 5.43. The molecule has 1 aromatic heterocycles. The molecule has 160 valence electrons. The Kier molecular flexibility index (Phi) is 5.13. The molecule has 0 radical (unpaired) electrons. The topological polar surface area (TPSA) is 54.3 Å². The van der Waals surface area contributed by atoms with E-state index in [-0.39, 0.29) is 17.9 Å². The second-order valence-electron chi connectivity index (χ2n) is 8.92. The lowest BCUT2D eigenvalue weighted by molar-refractivity contribution is -0.133. The number of carbonyl (C=O) groups excluding carboxylic acids is 2. The Morgan fingerprint density at radius 2 is 1.90 bits per heavy atom. The fraction of sp³-hybridized carbons (Fsp3) is 0.360. The monoisotopic (exact) mass is 479 g/mol. The van der Waals surface area contributed by atoms with E-state index in [1.807, 2.05) is 66.1 Å². The molecule has 5 nitrogen and oxygen atoms in total. The Morgan fingerprint density at radius 1 is 1.13 bits per heavy atom. The number of nitrogens with zero attached hydrogens (tertiary/aromatic N) is 2. The van der Waals surface area contributed by atoms with Gasteiger partial charge >= 0.3 is 0 Å². The molecule has 6 heteroatoms. The van der Waals surface area contributed by atoms with Gasteiger partial charge in [0.25, 0.3) is 5.91 Å². The Bertz CT molecular complexity index is 1160. The zero-order valence-corrected chi connectivity index (χ0v) is 19.2. The van der Waals surface area contributed by atoms with Crippen molar-refractivity contribution >= 4 is 38.6 Å². The molecule has 3 aromatic rings. The van der Waals surface area contributed by atoms with Gasteiger partial charge in [-0.3, -0.25) is 9.59 Å². The van der Waals surface area contributed by atoms with Gasteiger partial charge in [-0.05, 0) is 49.6 Å². The van der Waals surface area contributed by atoms with Crippen molar-refractivity contribution in [2.24, 2.45) is 0 Å². The van der Waals surface area contributed by atoms with Crippen LogP contribution in [0.15, 0.2) is 59.1 Å². The van der Waals surface area contributed by atoms with Gasteiger partial charge in [-0.2, -0.15) is 0 Å². The van der Waals surface area contributed by atoms with Crippen LogP contribution in [0.5, 0.6) is 0 Å². The van der Waals surface area contributed by atoms with E-state index in [0.717, 1.165) is 46.6 Å². The van der Waals surface area contributed by atoms with Gasteiger partial charge in [0, 0.05) is 28.0 Å². The van der Waals surface area contributed by atoms with E-state index in [2.05, 4.69) is 21.2 Å². The van der Waals surface area contributed by atoms with Crippen molar-refractivity contribution in [3.05, 3.63) is 70.3 Å². The van der Waals surface area contributed by atoms with Crippen LogP contribution >= 0.6 is 15.9 Å². The Balaban J connectivity index is 1.57. The standard InChI is InChI=1S/C25H26BrN3O2/c1-25(24(31)27-20-10-3-4-11-20)16-28-21-12-5-2-8-18(21)14-22(28)23(30)29(25)15-17-7-6-9-19(26)13-17/h2,5-9,12-14,20H,3-4,10-11,15-16H2,1H3,(H,27,31). The molecule has 2 heterocycles. The van der Waals surface area contributed by atoms with E-state index in [1.54, 1.807) is 4.90 Å². The molecule has 5 rings (SSSR count). The van der Waals surface area contributed by atoms with Crippen LogP contribution in [-0.4, -0.2) is 32.9 Å². The number of hydrogen-bond acceptors (Lipinski definition) is 2.